The van der Waals surface area contributed by atoms with Gasteiger partial charge in [0.05, 0.1) is 5.56 Å². The molecule has 1 heterocycles. The first kappa shape index (κ1) is 15.8. The minimum atomic E-state index is -0.0725. The Labute approximate surface area is 133 Å². The zero-order chi connectivity index (χ0) is 14.8. The lowest BCUT2D eigenvalue weighted by Gasteiger charge is -2.39. The molecule has 1 atom stereocenters. The van der Waals surface area contributed by atoms with E-state index in [2.05, 4.69) is 40.4 Å². The summed E-state index contributed by atoms with van der Waals surface area (Å²) in [4.78, 5) is 12.2. The number of nitrogens with one attached hydrogen (secondary N) is 2. The highest BCUT2D eigenvalue weighted by Gasteiger charge is 2.32. The molecule has 2 rings (SSSR count). The lowest BCUT2D eigenvalue weighted by molar-refractivity contribution is 0.0928. The van der Waals surface area contributed by atoms with E-state index in [0.29, 0.717) is 23.2 Å². The third-order valence-electron chi connectivity index (χ3n) is 3.97. The van der Waals surface area contributed by atoms with Crippen molar-refractivity contribution in [3.8, 4) is 0 Å². The van der Waals surface area contributed by atoms with Crippen LogP contribution in [0.4, 0.5) is 0 Å². The maximum atomic E-state index is 12.2. The summed E-state index contributed by atoms with van der Waals surface area (Å²) in [5.41, 5.74) is 0.825. The van der Waals surface area contributed by atoms with E-state index < -0.39 is 0 Å². The van der Waals surface area contributed by atoms with Gasteiger partial charge in [0.25, 0.3) is 5.91 Å². The molecule has 0 aromatic heterocycles. The zero-order valence-corrected chi connectivity index (χ0v) is 14.1. The number of amides is 1. The summed E-state index contributed by atoms with van der Waals surface area (Å²) in [6.07, 6.45) is 2.38. The third-order valence-corrected chi connectivity index (χ3v) is 4.87. The lowest BCUT2D eigenvalue weighted by Crippen LogP contribution is -2.52. The molecule has 0 radical (unpaired) electrons. The second kappa shape index (κ2) is 6.46. The molecule has 1 aromatic rings. The summed E-state index contributed by atoms with van der Waals surface area (Å²) in [6, 6.07) is 5.51. The molecule has 0 saturated carbocycles. The second-order valence-electron chi connectivity index (χ2n) is 5.93. The fourth-order valence-electron chi connectivity index (χ4n) is 2.58. The van der Waals surface area contributed by atoms with Crippen molar-refractivity contribution in [1.29, 1.82) is 0 Å². The van der Waals surface area contributed by atoms with E-state index in [1.54, 1.807) is 18.2 Å². The average Bonchev–Trinajstić information content (AvgIpc) is 2.36. The molecule has 0 spiro atoms. The first-order chi connectivity index (χ1) is 9.40. The van der Waals surface area contributed by atoms with Crippen LogP contribution >= 0.6 is 27.5 Å². The second-order valence-corrected chi connectivity index (χ2v) is 7.22. The van der Waals surface area contributed by atoms with E-state index in [9.17, 15) is 4.79 Å². The van der Waals surface area contributed by atoms with Gasteiger partial charge in [-0.05, 0) is 58.9 Å². The number of rotatable bonds is 3. The quantitative estimate of drug-likeness (QED) is 0.865. The van der Waals surface area contributed by atoms with Gasteiger partial charge in [0, 0.05) is 22.1 Å². The highest BCUT2D eigenvalue weighted by molar-refractivity contribution is 9.10. The summed E-state index contributed by atoms with van der Waals surface area (Å²) < 4.78 is 0.721. The van der Waals surface area contributed by atoms with E-state index in [1.165, 1.54) is 12.8 Å². The Balaban J connectivity index is 1.98. The maximum absolute atomic E-state index is 12.2. The lowest BCUT2D eigenvalue weighted by atomic mass is 9.77. The van der Waals surface area contributed by atoms with E-state index in [0.717, 1.165) is 11.0 Å². The van der Waals surface area contributed by atoms with Crippen LogP contribution in [0.25, 0.3) is 0 Å². The van der Waals surface area contributed by atoms with Gasteiger partial charge in [-0.15, -0.1) is 0 Å². The van der Waals surface area contributed by atoms with E-state index in [-0.39, 0.29) is 11.3 Å². The Kier molecular flexibility index (Phi) is 5.10. The minimum Gasteiger partial charge on any atom is -0.350 e. The Morgan fingerprint density at radius 3 is 2.95 bits per heavy atom. The Bertz CT molecular complexity index is 505. The van der Waals surface area contributed by atoms with Crippen molar-refractivity contribution in [3.63, 3.8) is 0 Å². The van der Waals surface area contributed by atoms with E-state index in [4.69, 9.17) is 11.6 Å². The molecule has 1 unspecified atom stereocenters. The number of carbonyl (C=O) groups excluding carboxylic acids is 1. The SMILES string of the molecule is CC1(C)CCCNC1CNC(=O)c1ccc(Cl)cc1Br. The van der Waals surface area contributed by atoms with Crippen molar-refractivity contribution in [3.05, 3.63) is 33.3 Å². The average molecular weight is 360 g/mol. The molecule has 1 aliphatic rings. The van der Waals surface area contributed by atoms with Crippen LogP contribution in [0.3, 0.4) is 0 Å². The Morgan fingerprint density at radius 1 is 1.55 bits per heavy atom. The number of hydrogen-bond acceptors (Lipinski definition) is 2. The fraction of sp³-hybridized carbons (Fsp3) is 0.533. The summed E-state index contributed by atoms with van der Waals surface area (Å²) in [5.74, 6) is -0.0725. The van der Waals surface area contributed by atoms with Crippen LogP contribution in [0.5, 0.6) is 0 Å². The Hall–Kier alpha value is -0.580. The van der Waals surface area contributed by atoms with Crippen LogP contribution in [-0.4, -0.2) is 25.0 Å². The molecule has 20 heavy (non-hydrogen) atoms. The molecular weight excluding hydrogens is 340 g/mol. The predicted molar refractivity (Wildman–Crippen MR) is 86.3 cm³/mol. The van der Waals surface area contributed by atoms with Gasteiger partial charge in [-0.25, -0.2) is 0 Å². The first-order valence-electron chi connectivity index (χ1n) is 6.87. The number of hydrogen-bond donors (Lipinski definition) is 2. The maximum Gasteiger partial charge on any atom is 0.252 e. The standard InChI is InChI=1S/C15H20BrClN2O/c1-15(2)6-3-7-18-13(15)9-19-14(20)11-5-4-10(17)8-12(11)16/h4-5,8,13,18H,3,6-7,9H2,1-2H3,(H,19,20). The van der Waals surface area contributed by atoms with Crippen LogP contribution in [0, 0.1) is 5.41 Å². The summed E-state index contributed by atoms with van der Waals surface area (Å²) >= 11 is 9.26. The van der Waals surface area contributed by atoms with Gasteiger partial charge in [0.2, 0.25) is 0 Å². The molecule has 3 nitrogen and oxygen atoms in total. The topological polar surface area (TPSA) is 41.1 Å². The third kappa shape index (κ3) is 3.74. The van der Waals surface area contributed by atoms with Crippen LogP contribution < -0.4 is 10.6 Å². The summed E-state index contributed by atoms with van der Waals surface area (Å²) in [6.45, 7) is 6.15. The van der Waals surface area contributed by atoms with Crippen molar-refractivity contribution in [2.24, 2.45) is 5.41 Å². The molecular formula is C15H20BrClN2O. The molecule has 1 saturated heterocycles. The molecule has 1 amide bonds. The van der Waals surface area contributed by atoms with Gasteiger partial charge in [-0.2, -0.15) is 0 Å². The highest BCUT2D eigenvalue weighted by Crippen LogP contribution is 2.29. The van der Waals surface area contributed by atoms with E-state index >= 15 is 0 Å². The zero-order valence-electron chi connectivity index (χ0n) is 11.8. The van der Waals surface area contributed by atoms with E-state index in [1.807, 2.05) is 0 Å². The Morgan fingerprint density at radius 2 is 2.30 bits per heavy atom. The number of benzene rings is 1. The molecule has 1 aromatic carbocycles. The van der Waals surface area contributed by atoms with Gasteiger partial charge >= 0.3 is 0 Å². The number of carbonyl (C=O) groups is 1. The van der Waals surface area contributed by atoms with Crippen LogP contribution in [0.1, 0.15) is 37.0 Å². The smallest absolute Gasteiger partial charge is 0.252 e. The summed E-state index contributed by atoms with van der Waals surface area (Å²) in [7, 11) is 0. The molecule has 1 fully saturated rings. The van der Waals surface area contributed by atoms with Crippen molar-refractivity contribution in [1.82, 2.24) is 10.6 Å². The summed E-state index contributed by atoms with van der Waals surface area (Å²) in [5, 5.41) is 7.12. The molecule has 0 bridgehead atoms. The molecule has 1 aliphatic heterocycles. The van der Waals surface area contributed by atoms with Crippen molar-refractivity contribution in [2.75, 3.05) is 13.1 Å². The number of piperidine rings is 1. The van der Waals surface area contributed by atoms with Crippen LogP contribution in [0.15, 0.2) is 22.7 Å². The minimum absolute atomic E-state index is 0.0725. The van der Waals surface area contributed by atoms with Gasteiger partial charge in [0.15, 0.2) is 0 Å². The van der Waals surface area contributed by atoms with Gasteiger partial charge in [0.1, 0.15) is 0 Å². The van der Waals surface area contributed by atoms with Crippen molar-refractivity contribution >= 4 is 33.4 Å². The fourth-order valence-corrected chi connectivity index (χ4v) is 3.45. The predicted octanol–water partition coefficient (Wildman–Crippen LogP) is 3.61. The highest BCUT2D eigenvalue weighted by atomic mass is 79.9. The van der Waals surface area contributed by atoms with Gasteiger partial charge < -0.3 is 10.6 Å². The molecule has 5 heteroatoms. The molecule has 2 N–H and O–H groups in total. The van der Waals surface area contributed by atoms with Crippen LogP contribution in [0.2, 0.25) is 5.02 Å². The monoisotopic (exact) mass is 358 g/mol. The van der Waals surface area contributed by atoms with Crippen LogP contribution in [-0.2, 0) is 0 Å². The molecule has 110 valence electrons. The number of halogens is 2. The van der Waals surface area contributed by atoms with Gasteiger partial charge in [-0.1, -0.05) is 25.4 Å². The van der Waals surface area contributed by atoms with Gasteiger partial charge in [-0.3, -0.25) is 4.79 Å². The molecule has 0 aliphatic carbocycles. The first-order valence-corrected chi connectivity index (χ1v) is 8.04. The largest absolute Gasteiger partial charge is 0.350 e. The van der Waals surface area contributed by atoms with Crippen molar-refractivity contribution in [2.45, 2.75) is 32.7 Å². The normalized spacial score (nSPS) is 21.5. The van der Waals surface area contributed by atoms with Crippen molar-refractivity contribution < 1.29 is 4.79 Å².